The minimum Gasteiger partial charge on any atom is -0.392 e. The second-order valence-corrected chi connectivity index (χ2v) is 17.1. The van der Waals surface area contributed by atoms with E-state index in [9.17, 15) is 44.7 Å². The predicted octanol–water partition coefficient (Wildman–Crippen LogP) is 3.84. The average molecular weight is 794 g/mol. The number of carbonyl (C=O) groups is 4. The van der Waals surface area contributed by atoms with E-state index in [1.165, 1.54) is 26.0 Å². The van der Waals surface area contributed by atoms with Crippen molar-refractivity contribution in [3.63, 3.8) is 0 Å². The molecule has 56 heavy (non-hydrogen) atoms. The van der Waals surface area contributed by atoms with Gasteiger partial charge in [0.05, 0.1) is 42.7 Å². The molecule has 1 amide bonds. The molecular weight excluding hydrogens is 722 g/mol. The molecule has 3 rings (SSSR count). The predicted molar refractivity (Wildman–Crippen MR) is 210 cm³/mol. The van der Waals surface area contributed by atoms with Crippen molar-refractivity contribution in [1.82, 2.24) is 4.90 Å². The molecule has 2 saturated heterocycles. The van der Waals surface area contributed by atoms with Crippen LogP contribution in [0.5, 0.6) is 0 Å². The zero-order valence-electron chi connectivity index (χ0n) is 35.2. The summed E-state index contributed by atoms with van der Waals surface area (Å²) in [5.74, 6) is -6.59. The lowest BCUT2D eigenvalue weighted by atomic mass is 9.81. The van der Waals surface area contributed by atoms with Crippen molar-refractivity contribution in [3.8, 4) is 0 Å². The van der Waals surface area contributed by atoms with Gasteiger partial charge in [-0.25, -0.2) is 0 Å². The van der Waals surface area contributed by atoms with Gasteiger partial charge in [0.2, 0.25) is 5.79 Å². The minimum atomic E-state index is -2.43. The molecule has 2 heterocycles. The van der Waals surface area contributed by atoms with E-state index in [0.29, 0.717) is 56.9 Å². The molecular formula is C43H71NO12. The Hall–Kier alpha value is -2.36. The summed E-state index contributed by atoms with van der Waals surface area (Å²) >= 11 is 0. The van der Waals surface area contributed by atoms with Crippen molar-refractivity contribution in [3.05, 3.63) is 23.3 Å². The molecule has 1 aliphatic carbocycles. The van der Waals surface area contributed by atoms with Crippen LogP contribution in [0.2, 0.25) is 0 Å². The monoisotopic (exact) mass is 793 g/mol. The van der Waals surface area contributed by atoms with Crippen LogP contribution in [0, 0.1) is 29.6 Å². The zero-order chi connectivity index (χ0) is 42.1. The van der Waals surface area contributed by atoms with Crippen LogP contribution in [0.15, 0.2) is 23.3 Å². The number of allylic oxidation sites excluding steroid dienone is 3. The Balaban J connectivity index is 1.64. The first-order valence-electron chi connectivity index (χ1n) is 20.7. The number of aliphatic hydroxyl groups is 5. The van der Waals surface area contributed by atoms with Crippen LogP contribution in [0.1, 0.15) is 119 Å². The molecule has 0 aromatic rings. The summed E-state index contributed by atoms with van der Waals surface area (Å²) in [6.07, 6.45) is 3.39. The van der Waals surface area contributed by atoms with E-state index in [-0.39, 0.29) is 42.8 Å². The van der Waals surface area contributed by atoms with Crippen LogP contribution in [-0.4, -0.2) is 129 Å². The number of hydrogen-bond donors (Lipinski definition) is 5. The number of ketones is 3. The van der Waals surface area contributed by atoms with Gasteiger partial charge in [-0.2, -0.15) is 0 Å². The second-order valence-electron chi connectivity index (χ2n) is 17.1. The van der Waals surface area contributed by atoms with E-state index >= 15 is 0 Å². The number of methoxy groups -OCH3 is 2. The number of aliphatic hydroxyl groups excluding tert-OH is 4. The first-order chi connectivity index (χ1) is 26.3. The van der Waals surface area contributed by atoms with E-state index in [0.717, 1.165) is 12.0 Å². The topological polar surface area (TPSA) is 200 Å². The van der Waals surface area contributed by atoms with Gasteiger partial charge in [-0.05, 0) is 102 Å². The standard InChI is InChI=1S/C43H71NO12/c1-10-31(35(48)23-34(47)28(6)39(50)26(4)20-30-14-15-33(46)36(49)22-30)18-24(2)17-25(3)19-37(54-8)40-38(55-9)21-27(5)43(53,56-40)41(51)42(52)44-16-12-11-13-32(44)29(7)45/h18,20,25,27-28,30-34,36-40,46-47,49-50,53H,10-17,19,21-23H2,1-9H3/b24-18+,26-20+/t25-,27+,28+,30-,31+,32-,33+,34-,36+,37-,38-,39+,40+,43+/m0/s1. The van der Waals surface area contributed by atoms with Crippen LogP contribution in [-0.2, 0) is 33.4 Å². The average Bonchev–Trinajstić information content (AvgIpc) is 3.16. The molecule has 13 nitrogen and oxygen atoms in total. The lowest BCUT2D eigenvalue weighted by molar-refractivity contribution is -0.302. The molecule has 0 bridgehead atoms. The SMILES string of the molecule is CC[C@H](/C=C(\C)C[C@H](C)C[C@H](OC)[C@H]1O[C@@](O)(C(=O)C(=O)N2CCCC[C@H]2C(C)=O)[C@H](C)C[C@@H]1OC)C(=O)C[C@H](O)[C@@H](C)[C@H](O)/C(C)=C/[C@@H]1CC[C@@H](O)[C@H](O)C1. The Bertz CT molecular complexity index is 1400. The number of carbonyl (C=O) groups excluding carboxylic acids is 4. The molecule has 0 aromatic carbocycles. The van der Waals surface area contributed by atoms with Crippen molar-refractivity contribution in [2.45, 2.75) is 174 Å². The highest BCUT2D eigenvalue weighted by Crippen LogP contribution is 2.39. The second kappa shape index (κ2) is 21.6. The molecule has 14 atom stereocenters. The normalized spacial score (nSPS) is 32.5. The summed E-state index contributed by atoms with van der Waals surface area (Å²) in [6, 6.07) is -0.712. The molecule has 13 heteroatoms. The molecule has 0 unspecified atom stereocenters. The van der Waals surface area contributed by atoms with Crippen molar-refractivity contribution in [2.75, 3.05) is 20.8 Å². The summed E-state index contributed by atoms with van der Waals surface area (Å²) in [5.41, 5.74) is 1.63. The van der Waals surface area contributed by atoms with Crippen molar-refractivity contribution in [1.29, 1.82) is 0 Å². The Morgan fingerprint density at radius 1 is 0.964 bits per heavy atom. The molecule has 0 radical (unpaired) electrons. The third kappa shape index (κ3) is 12.1. The Kier molecular flexibility index (Phi) is 18.5. The van der Waals surface area contributed by atoms with Crippen molar-refractivity contribution in [2.24, 2.45) is 29.6 Å². The largest absolute Gasteiger partial charge is 0.392 e. The molecule has 5 N–H and O–H groups in total. The maximum atomic E-state index is 13.7. The highest BCUT2D eigenvalue weighted by Gasteiger charge is 2.56. The van der Waals surface area contributed by atoms with E-state index in [2.05, 4.69) is 0 Å². The fourth-order valence-electron chi connectivity index (χ4n) is 8.94. The quantitative estimate of drug-likeness (QED) is 0.0937. The summed E-state index contributed by atoms with van der Waals surface area (Å²) in [6.45, 7) is 12.7. The Labute approximate surface area is 333 Å². The summed E-state index contributed by atoms with van der Waals surface area (Å²) in [7, 11) is 3.04. The summed E-state index contributed by atoms with van der Waals surface area (Å²) in [4.78, 5) is 54.2. The van der Waals surface area contributed by atoms with Crippen molar-refractivity contribution < 1.29 is 58.9 Å². The highest BCUT2D eigenvalue weighted by molar-refractivity contribution is 6.39. The van der Waals surface area contributed by atoms with Crippen molar-refractivity contribution >= 4 is 23.3 Å². The number of likely N-dealkylation sites (tertiary alicyclic amines) is 1. The lowest BCUT2D eigenvalue weighted by Gasteiger charge is -2.47. The Morgan fingerprint density at radius 2 is 1.64 bits per heavy atom. The third-order valence-electron chi connectivity index (χ3n) is 12.6. The fraction of sp³-hybridized carbons (Fsp3) is 0.814. The molecule has 320 valence electrons. The number of nitrogens with zero attached hydrogens (tertiary/aromatic N) is 1. The molecule has 3 aliphatic rings. The van der Waals surface area contributed by atoms with Gasteiger partial charge in [0, 0.05) is 44.9 Å². The van der Waals surface area contributed by atoms with Gasteiger partial charge in [-0.15, -0.1) is 0 Å². The highest BCUT2D eigenvalue weighted by atomic mass is 16.7. The smallest absolute Gasteiger partial charge is 0.296 e. The van der Waals surface area contributed by atoms with Gasteiger partial charge >= 0.3 is 0 Å². The van der Waals surface area contributed by atoms with Crippen LogP contribution >= 0.6 is 0 Å². The fourth-order valence-corrected chi connectivity index (χ4v) is 8.94. The van der Waals surface area contributed by atoms with Gasteiger partial charge in [0.25, 0.3) is 11.7 Å². The van der Waals surface area contributed by atoms with Crippen LogP contribution in [0.3, 0.4) is 0 Å². The van der Waals surface area contributed by atoms with Gasteiger partial charge in [-0.1, -0.05) is 45.4 Å². The number of piperidine rings is 1. The summed E-state index contributed by atoms with van der Waals surface area (Å²) in [5, 5.41) is 53.6. The van der Waals surface area contributed by atoms with E-state index in [1.54, 1.807) is 20.8 Å². The number of rotatable bonds is 19. The third-order valence-corrected chi connectivity index (χ3v) is 12.6. The van der Waals surface area contributed by atoms with E-state index in [1.807, 2.05) is 32.9 Å². The molecule has 1 saturated carbocycles. The zero-order valence-corrected chi connectivity index (χ0v) is 35.2. The van der Waals surface area contributed by atoms with Gasteiger partial charge in [0.15, 0.2) is 5.78 Å². The minimum absolute atomic E-state index is 0.00317. The van der Waals surface area contributed by atoms with Gasteiger partial charge < -0.3 is 44.6 Å². The van der Waals surface area contributed by atoms with Crippen LogP contribution in [0.4, 0.5) is 0 Å². The number of amides is 1. The van der Waals surface area contributed by atoms with Crippen LogP contribution < -0.4 is 0 Å². The maximum Gasteiger partial charge on any atom is 0.296 e. The lowest BCUT2D eigenvalue weighted by Crippen LogP contribution is -2.64. The first-order valence-corrected chi connectivity index (χ1v) is 20.7. The number of hydrogen-bond acceptors (Lipinski definition) is 12. The van der Waals surface area contributed by atoms with E-state index < -0.39 is 84.0 Å². The van der Waals surface area contributed by atoms with Crippen LogP contribution in [0.25, 0.3) is 0 Å². The van der Waals surface area contributed by atoms with E-state index in [4.69, 9.17) is 14.2 Å². The summed E-state index contributed by atoms with van der Waals surface area (Å²) < 4.78 is 17.8. The van der Waals surface area contributed by atoms with Gasteiger partial charge in [-0.3, -0.25) is 19.2 Å². The van der Waals surface area contributed by atoms with Gasteiger partial charge in [0.1, 0.15) is 11.9 Å². The number of ether oxygens (including phenoxy) is 3. The molecule has 0 spiro atoms. The maximum absolute atomic E-state index is 13.7. The first kappa shape index (κ1) is 48.0. The molecule has 3 fully saturated rings. The molecule has 0 aromatic heterocycles. The Morgan fingerprint density at radius 3 is 2.23 bits per heavy atom. The number of Topliss-reactive ketones (excluding diaryl/α,β-unsaturated/α-hetero) is 3. The molecule has 2 aliphatic heterocycles.